The summed E-state index contributed by atoms with van der Waals surface area (Å²) >= 11 is 0. The van der Waals surface area contributed by atoms with Gasteiger partial charge in [0.05, 0.1) is 30.8 Å². The van der Waals surface area contributed by atoms with E-state index in [1.54, 1.807) is 0 Å². The van der Waals surface area contributed by atoms with Gasteiger partial charge < -0.3 is 19.9 Å². The molecule has 0 unspecified atom stereocenters. The summed E-state index contributed by atoms with van der Waals surface area (Å²) in [5, 5.41) is 3.00. The van der Waals surface area contributed by atoms with E-state index in [2.05, 4.69) is 45.9 Å². The predicted molar refractivity (Wildman–Crippen MR) is 125 cm³/mol. The number of nitrogens with zero attached hydrogens (tertiary/aromatic N) is 3. The van der Waals surface area contributed by atoms with Crippen molar-refractivity contribution in [2.24, 2.45) is 0 Å². The predicted octanol–water partition coefficient (Wildman–Crippen LogP) is 3.88. The van der Waals surface area contributed by atoms with E-state index >= 15 is 0 Å². The maximum atomic E-state index is 12.7. The zero-order chi connectivity index (χ0) is 21.8. The molecule has 0 aliphatic carbocycles. The van der Waals surface area contributed by atoms with Crippen molar-refractivity contribution in [3.05, 3.63) is 53.9 Å². The summed E-state index contributed by atoms with van der Waals surface area (Å²) in [5.74, 6) is 0.813. The number of fused-ring (bicyclic) bond motifs is 1. The van der Waals surface area contributed by atoms with E-state index in [9.17, 15) is 4.79 Å². The largest absolute Gasteiger partial charge is 0.379 e. The number of ether oxygens (including phenoxy) is 1. The van der Waals surface area contributed by atoms with Crippen LogP contribution >= 0.6 is 0 Å². The molecule has 2 heterocycles. The normalized spacial score (nSPS) is 14.8. The molecule has 2 aromatic carbocycles. The molecule has 1 amide bonds. The maximum absolute atomic E-state index is 12.7. The standard InChI is InChI=1S/C24H31N5O2/c1-4-29(17(2)3)20-8-5-18(6-9-20)24(30)25-19-7-10-21-22(15-19)27-23(26-21)16-28-11-13-31-14-12-28/h5-10,15,17H,4,11-14,16H2,1-3H3,(H,25,30)(H,26,27). The van der Waals surface area contributed by atoms with E-state index in [4.69, 9.17) is 4.74 Å². The molecule has 7 nitrogen and oxygen atoms in total. The Bertz CT molecular complexity index is 1020. The highest BCUT2D eigenvalue weighted by Crippen LogP contribution is 2.21. The van der Waals surface area contributed by atoms with Crippen LogP contribution in [-0.2, 0) is 11.3 Å². The molecule has 1 aliphatic heterocycles. The van der Waals surface area contributed by atoms with Gasteiger partial charge in [-0.1, -0.05) is 0 Å². The monoisotopic (exact) mass is 421 g/mol. The molecule has 31 heavy (non-hydrogen) atoms. The summed E-state index contributed by atoms with van der Waals surface area (Å²) < 4.78 is 5.40. The number of carbonyl (C=O) groups is 1. The third-order valence-electron chi connectivity index (χ3n) is 5.69. The van der Waals surface area contributed by atoms with Gasteiger partial charge in [0.1, 0.15) is 5.82 Å². The Morgan fingerprint density at radius 2 is 1.94 bits per heavy atom. The lowest BCUT2D eigenvalue weighted by atomic mass is 10.1. The third-order valence-corrected chi connectivity index (χ3v) is 5.69. The van der Waals surface area contributed by atoms with Gasteiger partial charge in [-0.2, -0.15) is 0 Å². The van der Waals surface area contributed by atoms with Crippen LogP contribution in [0.5, 0.6) is 0 Å². The molecule has 3 aromatic rings. The van der Waals surface area contributed by atoms with Crippen molar-refractivity contribution >= 4 is 28.3 Å². The minimum absolute atomic E-state index is 0.119. The fourth-order valence-corrected chi connectivity index (χ4v) is 4.04. The number of carbonyl (C=O) groups excluding carboxylic acids is 1. The van der Waals surface area contributed by atoms with Crippen LogP contribution in [0, 0.1) is 0 Å². The first-order valence-electron chi connectivity index (χ1n) is 11.0. The van der Waals surface area contributed by atoms with Crippen molar-refractivity contribution in [3.8, 4) is 0 Å². The van der Waals surface area contributed by atoms with Crippen LogP contribution in [-0.4, -0.2) is 59.7 Å². The highest BCUT2D eigenvalue weighted by molar-refractivity contribution is 6.05. The maximum Gasteiger partial charge on any atom is 0.255 e. The minimum atomic E-state index is -0.119. The summed E-state index contributed by atoms with van der Waals surface area (Å²) in [4.78, 5) is 25.4. The molecule has 7 heteroatoms. The number of nitrogens with one attached hydrogen (secondary N) is 2. The van der Waals surface area contributed by atoms with E-state index in [1.807, 2.05) is 42.5 Å². The quantitative estimate of drug-likeness (QED) is 0.606. The van der Waals surface area contributed by atoms with E-state index < -0.39 is 0 Å². The molecule has 0 saturated carbocycles. The fourth-order valence-electron chi connectivity index (χ4n) is 4.04. The van der Waals surface area contributed by atoms with Crippen LogP contribution < -0.4 is 10.2 Å². The number of imidazole rings is 1. The van der Waals surface area contributed by atoms with Crippen molar-refractivity contribution in [1.29, 1.82) is 0 Å². The Kier molecular flexibility index (Phi) is 6.53. The lowest BCUT2D eigenvalue weighted by molar-refractivity contribution is 0.0332. The van der Waals surface area contributed by atoms with Gasteiger partial charge in [-0.05, 0) is 63.2 Å². The van der Waals surface area contributed by atoms with E-state index in [1.165, 1.54) is 0 Å². The zero-order valence-corrected chi connectivity index (χ0v) is 18.5. The third kappa shape index (κ3) is 5.06. The Morgan fingerprint density at radius 1 is 1.19 bits per heavy atom. The first-order valence-corrected chi connectivity index (χ1v) is 11.0. The fraction of sp³-hybridized carbons (Fsp3) is 0.417. The first-order chi connectivity index (χ1) is 15.0. The number of benzene rings is 2. The average molecular weight is 422 g/mol. The summed E-state index contributed by atoms with van der Waals surface area (Å²) in [6.07, 6.45) is 0. The van der Waals surface area contributed by atoms with Gasteiger partial charge in [0.15, 0.2) is 0 Å². The van der Waals surface area contributed by atoms with Gasteiger partial charge in [-0.15, -0.1) is 0 Å². The van der Waals surface area contributed by atoms with Crippen molar-refractivity contribution in [2.75, 3.05) is 43.1 Å². The summed E-state index contributed by atoms with van der Waals surface area (Å²) in [6.45, 7) is 11.6. The number of H-pyrrole nitrogens is 1. The van der Waals surface area contributed by atoms with Gasteiger partial charge in [0.2, 0.25) is 0 Å². The second-order valence-corrected chi connectivity index (χ2v) is 8.18. The highest BCUT2D eigenvalue weighted by atomic mass is 16.5. The van der Waals surface area contributed by atoms with Crippen LogP contribution in [0.1, 0.15) is 37.0 Å². The second-order valence-electron chi connectivity index (χ2n) is 8.18. The lowest BCUT2D eigenvalue weighted by Crippen LogP contribution is -2.35. The van der Waals surface area contributed by atoms with Crippen LogP contribution in [0.2, 0.25) is 0 Å². The van der Waals surface area contributed by atoms with E-state index in [0.29, 0.717) is 11.6 Å². The van der Waals surface area contributed by atoms with Crippen molar-refractivity contribution in [1.82, 2.24) is 14.9 Å². The number of aromatic amines is 1. The highest BCUT2D eigenvalue weighted by Gasteiger charge is 2.14. The second kappa shape index (κ2) is 9.49. The average Bonchev–Trinajstić information content (AvgIpc) is 3.16. The van der Waals surface area contributed by atoms with Gasteiger partial charge in [0, 0.05) is 42.6 Å². The number of hydrogen-bond donors (Lipinski definition) is 2. The molecule has 4 rings (SSSR count). The van der Waals surface area contributed by atoms with Crippen LogP contribution in [0.25, 0.3) is 11.0 Å². The number of morpholine rings is 1. The molecule has 1 saturated heterocycles. The topological polar surface area (TPSA) is 73.5 Å². The number of hydrogen-bond acceptors (Lipinski definition) is 5. The summed E-state index contributed by atoms with van der Waals surface area (Å²) in [6, 6.07) is 14.0. The Labute approximate surface area is 183 Å². The molecular formula is C24H31N5O2. The SMILES string of the molecule is CCN(c1ccc(C(=O)Nc2ccc3nc(CN4CCOCC4)[nH]c3c2)cc1)C(C)C. The van der Waals surface area contributed by atoms with Crippen molar-refractivity contribution < 1.29 is 9.53 Å². The zero-order valence-electron chi connectivity index (χ0n) is 18.5. The molecule has 164 valence electrons. The minimum Gasteiger partial charge on any atom is -0.379 e. The molecular weight excluding hydrogens is 390 g/mol. The van der Waals surface area contributed by atoms with Gasteiger partial charge in [-0.3, -0.25) is 9.69 Å². The van der Waals surface area contributed by atoms with Crippen LogP contribution in [0.4, 0.5) is 11.4 Å². The van der Waals surface area contributed by atoms with Gasteiger partial charge in [-0.25, -0.2) is 4.98 Å². The number of aromatic nitrogens is 2. The molecule has 0 spiro atoms. The Balaban J connectivity index is 1.43. The first kappa shape index (κ1) is 21.3. The summed E-state index contributed by atoms with van der Waals surface area (Å²) in [7, 11) is 0. The lowest BCUT2D eigenvalue weighted by Gasteiger charge is -2.27. The smallest absolute Gasteiger partial charge is 0.255 e. The molecule has 0 atom stereocenters. The van der Waals surface area contributed by atoms with Crippen molar-refractivity contribution in [3.63, 3.8) is 0 Å². The molecule has 1 aliphatic rings. The van der Waals surface area contributed by atoms with E-state index in [0.717, 1.165) is 67.6 Å². The molecule has 1 aromatic heterocycles. The summed E-state index contributed by atoms with van der Waals surface area (Å²) in [5.41, 5.74) is 4.34. The van der Waals surface area contributed by atoms with Crippen LogP contribution in [0.3, 0.4) is 0 Å². The Morgan fingerprint density at radius 3 is 2.61 bits per heavy atom. The molecule has 0 bridgehead atoms. The number of rotatable bonds is 7. The molecule has 1 fully saturated rings. The molecule has 0 radical (unpaired) electrons. The Hall–Kier alpha value is -2.90. The molecule has 2 N–H and O–H groups in total. The van der Waals surface area contributed by atoms with Crippen molar-refractivity contribution in [2.45, 2.75) is 33.4 Å². The van der Waals surface area contributed by atoms with Crippen LogP contribution in [0.15, 0.2) is 42.5 Å². The number of anilines is 2. The van der Waals surface area contributed by atoms with E-state index in [-0.39, 0.29) is 5.91 Å². The van der Waals surface area contributed by atoms with Gasteiger partial charge >= 0.3 is 0 Å². The van der Waals surface area contributed by atoms with Gasteiger partial charge in [0.25, 0.3) is 5.91 Å². The number of amides is 1.